The first-order valence-corrected chi connectivity index (χ1v) is 7.68. The number of furan rings is 1. The normalized spacial score (nSPS) is 14.7. The molecule has 1 aromatic heterocycles. The Morgan fingerprint density at radius 2 is 2.09 bits per heavy atom. The van der Waals surface area contributed by atoms with Gasteiger partial charge in [-0.15, -0.1) is 0 Å². The summed E-state index contributed by atoms with van der Waals surface area (Å²) in [6.45, 7) is 3.14. The zero-order valence-corrected chi connectivity index (χ0v) is 13.0. The molecule has 120 valence electrons. The minimum absolute atomic E-state index is 0.0837. The lowest BCUT2D eigenvalue weighted by Gasteiger charge is -2.22. The number of benzene rings is 1. The van der Waals surface area contributed by atoms with Crippen molar-refractivity contribution in [1.29, 1.82) is 0 Å². The van der Waals surface area contributed by atoms with E-state index in [4.69, 9.17) is 13.9 Å². The highest BCUT2D eigenvalue weighted by molar-refractivity contribution is 5.91. The highest BCUT2D eigenvalue weighted by Crippen LogP contribution is 2.33. The smallest absolute Gasteiger partial charge is 0.244 e. The minimum Gasteiger partial charge on any atom is -0.486 e. The van der Waals surface area contributed by atoms with Crippen LogP contribution in [-0.2, 0) is 4.79 Å². The molecule has 5 heteroatoms. The van der Waals surface area contributed by atoms with E-state index in [2.05, 4.69) is 5.32 Å². The molecule has 2 heterocycles. The van der Waals surface area contributed by atoms with Crippen molar-refractivity contribution in [1.82, 2.24) is 5.32 Å². The topological polar surface area (TPSA) is 60.7 Å². The van der Waals surface area contributed by atoms with Gasteiger partial charge in [-0.1, -0.05) is 13.0 Å². The predicted molar refractivity (Wildman–Crippen MR) is 86.3 cm³/mol. The summed E-state index contributed by atoms with van der Waals surface area (Å²) in [6, 6.07) is 9.26. The van der Waals surface area contributed by atoms with Crippen molar-refractivity contribution in [2.75, 3.05) is 13.2 Å². The zero-order chi connectivity index (χ0) is 16.1. The van der Waals surface area contributed by atoms with E-state index in [1.54, 1.807) is 24.5 Å². The second kappa shape index (κ2) is 7.05. The third-order valence-corrected chi connectivity index (χ3v) is 3.64. The molecule has 3 rings (SSSR count). The van der Waals surface area contributed by atoms with Crippen LogP contribution in [0.1, 0.15) is 30.7 Å². The number of hydrogen-bond donors (Lipinski definition) is 1. The highest BCUT2D eigenvalue weighted by atomic mass is 16.6. The van der Waals surface area contributed by atoms with Gasteiger partial charge in [-0.05, 0) is 42.3 Å². The van der Waals surface area contributed by atoms with Gasteiger partial charge in [0.15, 0.2) is 11.5 Å². The molecule has 23 heavy (non-hydrogen) atoms. The molecule has 1 atom stereocenters. The van der Waals surface area contributed by atoms with Crippen LogP contribution >= 0.6 is 0 Å². The van der Waals surface area contributed by atoms with E-state index < -0.39 is 0 Å². The van der Waals surface area contributed by atoms with E-state index >= 15 is 0 Å². The Morgan fingerprint density at radius 3 is 2.83 bits per heavy atom. The van der Waals surface area contributed by atoms with Crippen LogP contribution in [0.5, 0.6) is 11.5 Å². The number of fused-ring (bicyclic) bond motifs is 1. The van der Waals surface area contributed by atoms with Gasteiger partial charge in [-0.3, -0.25) is 4.79 Å². The van der Waals surface area contributed by atoms with Crippen LogP contribution in [0.15, 0.2) is 47.1 Å². The van der Waals surface area contributed by atoms with Gasteiger partial charge in [0.05, 0.1) is 12.3 Å². The Balaban J connectivity index is 1.68. The highest BCUT2D eigenvalue weighted by Gasteiger charge is 2.16. The number of carbonyl (C=O) groups excluding carboxylic acids is 1. The summed E-state index contributed by atoms with van der Waals surface area (Å²) in [5, 5.41) is 2.99. The zero-order valence-electron chi connectivity index (χ0n) is 13.0. The molecule has 5 nitrogen and oxygen atoms in total. The van der Waals surface area contributed by atoms with Gasteiger partial charge in [0.2, 0.25) is 5.91 Å². The summed E-state index contributed by atoms with van der Waals surface area (Å²) >= 11 is 0. The summed E-state index contributed by atoms with van der Waals surface area (Å²) in [4.78, 5) is 12.1. The SMILES string of the molecule is CCC(NC(=O)C=Cc1ccco1)c1ccc2c(c1)OCCO2. The van der Waals surface area contributed by atoms with Crippen LogP contribution in [0.2, 0.25) is 0 Å². The van der Waals surface area contributed by atoms with Crippen molar-refractivity contribution < 1.29 is 18.7 Å². The third kappa shape index (κ3) is 3.74. The standard InChI is InChI=1S/C18H19NO4/c1-2-15(19-18(20)8-6-14-4-3-9-21-14)13-5-7-16-17(12-13)23-11-10-22-16/h3-9,12,15H,2,10-11H2,1H3,(H,19,20). The molecule has 2 aromatic rings. The van der Waals surface area contributed by atoms with Gasteiger partial charge in [0.25, 0.3) is 0 Å². The first-order valence-electron chi connectivity index (χ1n) is 7.68. The van der Waals surface area contributed by atoms with Gasteiger partial charge < -0.3 is 19.2 Å². The monoisotopic (exact) mass is 313 g/mol. The van der Waals surface area contributed by atoms with Crippen LogP contribution < -0.4 is 14.8 Å². The molecule has 1 amide bonds. The molecule has 0 radical (unpaired) electrons. The fraction of sp³-hybridized carbons (Fsp3) is 0.278. The number of rotatable bonds is 5. The number of amides is 1. The first kappa shape index (κ1) is 15.2. The Bertz CT molecular complexity index is 691. The Labute approximate surface area is 134 Å². The number of carbonyl (C=O) groups is 1. The maximum absolute atomic E-state index is 12.1. The fourth-order valence-corrected chi connectivity index (χ4v) is 2.46. The summed E-state index contributed by atoms with van der Waals surface area (Å²) in [7, 11) is 0. The molecule has 0 spiro atoms. The average molecular weight is 313 g/mol. The number of nitrogens with one attached hydrogen (secondary N) is 1. The number of ether oxygens (including phenoxy) is 2. The van der Waals surface area contributed by atoms with Crippen molar-refractivity contribution in [3.05, 3.63) is 54.0 Å². The largest absolute Gasteiger partial charge is 0.486 e. The van der Waals surface area contributed by atoms with Gasteiger partial charge in [0, 0.05) is 6.08 Å². The lowest BCUT2D eigenvalue weighted by atomic mass is 10.0. The summed E-state index contributed by atoms with van der Waals surface area (Å²) in [6.07, 6.45) is 5.47. The maximum Gasteiger partial charge on any atom is 0.244 e. The molecule has 0 bridgehead atoms. The Hall–Kier alpha value is -2.69. The summed E-state index contributed by atoms with van der Waals surface area (Å²) < 4.78 is 16.3. The van der Waals surface area contributed by atoms with Crippen molar-refractivity contribution >= 4 is 12.0 Å². The second-order valence-corrected chi connectivity index (χ2v) is 5.22. The summed E-state index contributed by atoms with van der Waals surface area (Å²) in [5.74, 6) is 1.96. The lowest BCUT2D eigenvalue weighted by Crippen LogP contribution is -2.26. The Morgan fingerprint density at radius 1 is 1.26 bits per heavy atom. The summed E-state index contributed by atoms with van der Waals surface area (Å²) in [5.41, 5.74) is 0.997. The lowest BCUT2D eigenvalue weighted by molar-refractivity contribution is -0.117. The molecule has 1 aromatic carbocycles. The molecule has 0 saturated heterocycles. The quantitative estimate of drug-likeness (QED) is 0.860. The maximum atomic E-state index is 12.1. The molecule has 0 fully saturated rings. The molecular formula is C18H19NO4. The minimum atomic E-state index is -0.164. The predicted octanol–water partition coefficient (Wildman–Crippen LogP) is 3.33. The van der Waals surface area contributed by atoms with Gasteiger partial charge in [-0.2, -0.15) is 0 Å². The molecule has 1 aliphatic heterocycles. The van der Waals surface area contributed by atoms with Crippen LogP contribution in [0, 0.1) is 0 Å². The van der Waals surface area contributed by atoms with E-state index in [0.29, 0.717) is 19.0 Å². The van der Waals surface area contributed by atoms with Crippen LogP contribution in [0.3, 0.4) is 0 Å². The molecule has 1 unspecified atom stereocenters. The van der Waals surface area contributed by atoms with Crippen molar-refractivity contribution in [2.45, 2.75) is 19.4 Å². The molecule has 0 aliphatic carbocycles. The fourth-order valence-electron chi connectivity index (χ4n) is 2.46. The van der Waals surface area contributed by atoms with E-state index in [1.165, 1.54) is 6.08 Å². The number of hydrogen-bond acceptors (Lipinski definition) is 4. The van der Waals surface area contributed by atoms with Gasteiger partial charge in [-0.25, -0.2) is 0 Å². The van der Waals surface area contributed by atoms with Gasteiger partial charge >= 0.3 is 0 Å². The molecule has 0 saturated carbocycles. The van der Waals surface area contributed by atoms with E-state index in [-0.39, 0.29) is 11.9 Å². The second-order valence-electron chi connectivity index (χ2n) is 5.22. The van der Waals surface area contributed by atoms with Crippen molar-refractivity contribution in [2.24, 2.45) is 0 Å². The Kier molecular flexibility index (Phi) is 4.66. The third-order valence-electron chi connectivity index (χ3n) is 3.64. The van der Waals surface area contributed by atoms with Crippen LogP contribution in [0.4, 0.5) is 0 Å². The molecule has 1 N–H and O–H groups in total. The van der Waals surface area contributed by atoms with E-state index in [9.17, 15) is 4.79 Å². The van der Waals surface area contributed by atoms with Crippen molar-refractivity contribution in [3.63, 3.8) is 0 Å². The molecule has 1 aliphatic rings. The van der Waals surface area contributed by atoms with Gasteiger partial charge in [0.1, 0.15) is 19.0 Å². The van der Waals surface area contributed by atoms with Crippen LogP contribution in [-0.4, -0.2) is 19.1 Å². The van der Waals surface area contributed by atoms with Crippen molar-refractivity contribution in [3.8, 4) is 11.5 Å². The van der Waals surface area contributed by atoms with E-state index in [0.717, 1.165) is 23.5 Å². The van der Waals surface area contributed by atoms with Crippen LogP contribution in [0.25, 0.3) is 6.08 Å². The average Bonchev–Trinajstić information content (AvgIpc) is 3.11. The van der Waals surface area contributed by atoms with E-state index in [1.807, 2.05) is 25.1 Å². The molecular weight excluding hydrogens is 294 g/mol. The first-order chi connectivity index (χ1) is 11.3.